The van der Waals surface area contributed by atoms with E-state index in [1.807, 2.05) is 36.4 Å². The minimum atomic E-state index is -0.508. The summed E-state index contributed by atoms with van der Waals surface area (Å²) in [7, 11) is 0. The second kappa shape index (κ2) is 13.6. The molecule has 0 N–H and O–H groups in total. The lowest BCUT2D eigenvalue weighted by Gasteiger charge is -2.27. The third-order valence-electron chi connectivity index (χ3n) is 7.36. The Morgan fingerprint density at radius 1 is 0.600 bits per heavy atom. The Bertz CT molecular complexity index is 1650. The van der Waals surface area contributed by atoms with Crippen LogP contribution in [0.25, 0.3) is 0 Å². The molecule has 2 aliphatic rings. The molecular weight excluding hydrogens is 658 g/mol. The number of ether oxygens (including phenoxy) is 4. The summed E-state index contributed by atoms with van der Waals surface area (Å²) in [5.74, 6) is 1.15. The van der Waals surface area contributed by atoms with Gasteiger partial charge >= 0.3 is 0 Å². The van der Waals surface area contributed by atoms with Crippen molar-refractivity contribution < 1.29 is 18.9 Å². The van der Waals surface area contributed by atoms with E-state index in [1.54, 1.807) is 36.4 Å². The summed E-state index contributed by atoms with van der Waals surface area (Å²) in [5, 5.41) is 19.7. The summed E-state index contributed by atoms with van der Waals surface area (Å²) < 4.78 is 22.7. The number of benzene rings is 4. The number of halogens is 4. The quantitative estimate of drug-likeness (QED) is 0.110. The highest BCUT2D eigenvalue weighted by Crippen LogP contribution is 2.42. The van der Waals surface area contributed by atoms with Gasteiger partial charge in [0.25, 0.3) is 0 Å². The van der Waals surface area contributed by atoms with E-state index in [1.165, 1.54) is 0 Å². The molecule has 0 aromatic heterocycles. The van der Waals surface area contributed by atoms with Gasteiger partial charge in [0, 0.05) is 15.5 Å². The predicted octanol–water partition coefficient (Wildman–Crippen LogP) is 11.0. The van der Waals surface area contributed by atoms with Crippen molar-refractivity contribution in [2.24, 2.45) is 20.5 Å². The molecule has 45 heavy (non-hydrogen) atoms. The number of rotatable bonds is 12. The smallest absolute Gasteiger partial charge is 0.146 e. The second-order valence-electron chi connectivity index (χ2n) is 11.1. The van der Waals surface area contributed by atoms with Gasteiger partial charge in [-0.3, -0.25) is 0 Å². The van der Waals surface area contributed by atoms with E-state index in [-0.39, 0.29) is 12.2 Å². The van der Waals surface area contributed by atoms with E-state index in [4.69, 9.17) is 65.4 Å². The molecule has 4 aromatic carbocycles. The van der Waals surface area contributed by atoms with Gasteiger partial charge in [-0.15, -0.1) is 20.5 Å². The van der Waals surface area contributed by atoms with Crippen molar-refractivity contribution in [1.29, 1.82) is 0 Å². The molecule has 0 amide bonds. The van der Waals surface area contributed by atoms with Gasteiger partial charge in [-0.05, 0) is 71.8 Å². The zero-order chi connectivity index (χ0) is 31.6. The number of azo groups is 2. The highest BCUT2D eigenvalue weighted by Gasteiger charge is 2.28. The van der Waals surface area contributed by atoms with Crippen molar-refractivity contribution in [2.75, 3.05) is 26.4 Å². The van der Waals surface area contributed by atoms with E-state index < -0.39 is 5.41 Å². The molecule has 2 heterocycles. The van der Waals surface area contributed by atoms with Crippen LogP contribution in [-0.2, 0) is 14.9 Å². The summed E-state index contributed by atoms with van der Waals surface area (Å²) in [4.78, 5) is 0. The fraction of sp³-hybridized carbons (Fsp3) is 0.273. The zero-order valence-electron chi connectivity index (χ0n) is 24.3. The number of epoxide rings is 2. The average molecular weight is 686 g/mol. The van der Waals surface area contributed by atoms with Gasteiger partial charge in [-0.2, -0.15) is 0 Å². The van der Waals surface area contributed by atoms with E-state index in [9.17, 15) is 0 Å². The molecule has 12 heteroatoms. The van der Waals surface area contributed by atoms with Gasteiger partial charge in [-0.1, -0.05) is 72.4 Å². The Kier molecular flexibility index (Phi) is 9.61. The van der Waals surface area contributed by atoms with Crippen LogP contribution >= 0.6 is 46.4 Å². The Morgan fingerprint density at radius 2 is 1.00 bits per heavy atom. The molecule has 2 saturated heterocycles. The standard InChI is InChI=1S/C33H28Cl4N4O4/c1-33(2,19-3-9-31(44-17-23-15-42-23)29(11-19)40-38-27-13-21(34)5-7-25(27)36)20-4-10-32(45-18-24-16-43-24)30(12-20)41-39-28-14-22(35)6-8-26(28)37/h3-14,23-24H,15-18H2,1-2H3. The van der Waals surface area contributed by atoms with Gasteiger partial charge in [0.05, 0.1) is 23.3 Å². The van der Waals surface area contributed by atoms with Crippen LogP contribution in [0.15, 0.2) is 93.3 Å². The molecule has 4 aromatic rings. The molecular formula is C33H28Cl4N4O4. The van der Waals surface area contributed by atoms with Crippen LogP contribution in [0, 0.1) is 0 Å². The van der Waals surface area contributed by atoms with Gasteiger partial charge in [0.15, 0.2) is 0 Å². The molecule has 232 valence electrons. The Morgan fingerprint density at radius 3 is 1.40 bits per heavy atom. The second-order valence-corrected chi connectivity index (χ2v) is 12.8. The predicted molar refractivity (Wildman–Crippen MR) is 177 cm³/mol. The molecule has 6 rings (SSSR count). The monoisotopic (exact) mass is 684 g/mol. The van der Waals surface area contributed by atoms with Crippen LogP contribution in [0.2, 0.25) is 20.1 Å². The first-order valence-corrected chi connectivity index (χ1v) is 15.7. The Labute approximate surface area is 280 Å². The maximum Gasteiger partial charge on any atom is 0.146 e. The maximum atomic E-state index is 6.34. The first-order chi connectivity index (χ1) is 21.7. The molecule has 0 radical (unpaired) electrons. The highest BCUT2D eigenvalue weighted by molar-refractivity contribution is 6.35. The van der Waals surface area contributed by atoms with E-state index >= 15 is 0 Å². The third-order valence-corrected chi connectivity index (χ3v) is 8.47. The van der Waals surface area contributed by atoms with Gasteiger partial charge in [-0.25, -0.2) is 0 Å². The van der Waals surface area contributed by atoms with E-state index in [0.717, 1.165) is 11.1 Å². The first kappa shape index (κ1) is 31.7. The number of hydrogen-bond donors (Lipinski definition) is 0. The lowest BCUT2D eigenvalue weighted by molar-refractivity contribution is 0.263. The summed E-state index contributed by atoms with van der Waals surface area (Å²) in [6, 6.07) is 21.8. The average Bonchev–Trinajstić information content (AvgIpc) is 3.96. The minimum absolute atomic E-state index is 0.0786. The van der Waals surface area contributed by atoms with Crippen LogP contribution < -0.4 is 9.47 Å². The highest BCUT2D eigenvalue weighted by atomic mass is 35.5. The van der Waals surface area contributed by atoms with Crippen molar-refractivity contribution in [1.82, 2.24) is 0 Å². The third kappa shape index (κ3) is 8.14. The maximum absolute atomic E-state index is 6.34. The number of hydrogen-bond acceptors (Lipinski definition) is 8. The fourth-order valence-electron chi connectivity index (χ4n) is 4.41. The van der Waals surface area contributed by atoms with Gasteiger partial charge < -0.3 is 18.9 Å². The van der Waals surface area contributed by atoms with Crippen molar-refractivity contribution >= 4 is 69.2 Å². The minimum Gasteiger partial charge on any atom is -0.488 e. The molecule has 0 saturated carbocycles. The molecule has 2 atom stereocenters. The van der Waals surface area contributed by atoms with Crippen molar-refractivity contribution in [3.8, 4) is 11.5 Å². The van der Waals surface area contributed by atoms with Crippen LogP contribution in [-0.4, -0.2) is 38.6 Å². The summed E-state index contributed by atoms with van der Waals surface area (Å²) in [6.45, 7) is 6.41. The fourth-order valence-corrected chi connectivity index (χ4v) is 5.06. The van der Waals surface area contributed by atoms with Crippen molar-refractivity contribution in [2.45, 2.75) is 31.5 Å². The molecule has 8 nitrogen and oxygen atoms in total. The largest absolute Gasteiger partial charge is 0.488 e. The molecule has 0 spiro atoms. The Balaban J connectivity index is 1.34. The normalized spacial score (nSPS) is 17.6. The number of nitrogens with zero attached hydrogens (tertiary/aromatic N) is 4. The van der Waals surface area contributed by atoms with Crippen LogP contribution in [0.5, 0.6) is 11.5 Å². The summed E-state index contributed by atoms with van der Waals surface area (Å²) in [6.07, 6.45) is 0.157. The Hall–Kier alpha value is -3.24. The molecule has 2 aliphatic heterocycles. The van der Waals surface area contributed by atoms with Gasteiger partial charge in [0.1, 0.15) is 59.7 Å². The van der Waals surface area contributed by atoms with Crippen molar-refractivity contribution in [3.05, 3.63) is 104 Å². The SMILES string of the molecule is CC(C)(c1ccc(OCC2CO2)c(N=Nc2cc(Cl)ccc2Cl)c1)c1ccc(OCC2CO2)c(N=Nc2cc(Cl)ccc2Cl)c1. The van der Waals surface area contributed by atoms with Gasteiger partial charge in [0.2, 0.25) is 0 Å². The molecule has 0 aliphatic carbocycles. The van der Waals surface area contributed by atoms with E-state index in [0.29, 0.717) is 80.8 Å². The van der Waals surface area contributed by atoms with Crippen molar-refractivity contribution in [3.63, 3.8) is 0 Å². The summed E-state index contributed by atoms with van der Waals surface area (Å²) >= 11 is 25.0. The molecule has 2 fully saturated rings. The topological polar surface area (TPSA) is 93.0 Å². The van der Waals surface area contributed by atoms with Crippen LogP contribution in [0.1, 0.15) is 25.0 Å². The first-order valence-electron chi connectivity index (χ1n) is 14.2. The lowest BCUT2D eigenvalue weighted by Crippen LogP contribution is -2.19. The van der Waals surface area contributed by atoms with Crippen LogP contribution in [0.4, 0.5) is 22.7 Å². The zero-order valence-corrected chi connectivity index (χ0v) is 27.4. The van der Waals surface area contributed by atoms with E-state index in [2.05, 4.69) is 34.3 Å². The molecule has 0 bridgehead atoms. The lowest BCUT2D eigenvalue weighted by atomic mass is 9.78. The van der Waals surface area contributed by atoms with Crippen LogP contribution in [0.3, 0.4) is 0 Å². The molecule has 2 unspecified atom stereocenters. The summed E-state index contributed by atoms with van der Waals surface area (Å²) in [5.41, 5.74) is 3.40.